The van der Waals surface area contributed by atoms with E-state index < -0.39 is 12.2 Å². The van der Waals surface area contributed by atoms with Crippen LogP contribution in [0.25, 0.3) is 0 Å². The Hall–Kier alpha value is -2.86. The van der Waals surface area contributed by atoms with Crippen LogP contribution in [-0.2, 0) is 16.0 Å². The number of carbonyl (C=O) groups excluding carboxylic acids is 2. The second kappa shape index (κ2) is 9.19. The number of nitrogens with zero attached hydrogens (tertiary/aromatic N) is 1. The van der Waals surface area contributed by atoms with Crippen LogP contribution in [0.1, 0.15) is 23.6 Å². The van der Waals surface area contributed by atoms with Gasteiger partial charge in [-0.3, -0.25) is 4.79 Å². The van der Waals surface area contributed by atoms with Crippen molar-refractivity contribution in [3.05, 3.63) is 59.2 Å². The number of anilines is 1. The van der Waals surface area contributed by atoms with Crippen LogP contribution in [0.5, 0.6) is 5.75 Å². The van der Waals surface area contributed by atoms with Crippen LogP contribution in [0, 0.1) is 13.8 Å². The summed E-state index contributed by atoms with van der Waals surface area (Å²) in [6.07, 6.45) is -0.340. The molecule has 144 valence electrons. The van der Waals surface area contributed by atoms with Gasteiger partial charge in [-0.15, -0.1) is 0 Å². The monoisotopic (exact) mass is 370 g/mol. The summed E-state index contributed by atoms with van der Waals surface area (Å²) in [6.45, 7) is 5.77. The van der Waals surface area contributed by atoms with E-state index in [-0.39, 0.29) is 12.5 Å². The number of ether oxygens (including phenoxy) is 2. The van der Waals surface area contributed by atoms with E-state index in [0.717, 1.165) is 22.4 Å². The summed E-state index contributed by atoms with van der Waals surface area (Å²) in [7, 11) is 1.72. The molecule has 1 unspecified atom stereocenters. The quantitative estimate of drug-likeness (QED) is 0.623. The summed E-state index contributed by atoms with van der Waals surface area (Å²) in [5.41, 5.74) is 9.75. The molecule has 0 aliphatic carbocycles. The highest BCUT2D eigenvalue weighted by Gasteiger charge is 2.21. The maximum absolute atomic E-state index is 12.7. The molecule has 0 aliphatic heterocycles. The number of nitrogens with two attached hydrogens (primary N) is 1. The molecule has 2 N–H and O–H groups in total. The van der Waals surface area contributed by atoms with E-state index in [1.54, 1.807) is 31.0 Å². The molecular formula is C21H26N2O4. The van der Waals surface area contributed by atoms with Crippen LogP contribution in [0.3, 0.4) is 0 Å². The van der Waals surface area contributed by atoms with Crippen molar-refractivity contribution < 1.29 is 19.1 Å². The summed E-state index contributed by atoms with van der Waals surface area (Å²) in [5.74, 6) is 0.250. The average Bonchev–Trinajstić information content (AvgIpc) is 2.64. The van der Waals surface area contributed by atoms with Crippen LogP contribution in [0.2, 0.25) is 0 Å². The Labute approximate surface area is 159 Å². The third-order valence-electron chi connectivity index (χ3n) is 4.35. The van der Waals surface area contributed by atoms with E-state index in [1.165, 1.54) is 0 Å². The van der Waals surface area contributed by atoms with E-state index in [4.69, 9.17) is 15.2 Å². The van der Waals surface area contributed by atoms with Crippen molar-refractivity contribution in [2.45, 2.75) is 33.2 Å². The van der Waals surface area contributed by atoms with Gasteiger partial charge in [-0.1, -0.05) is 18.2 Å². The van der Waals surface area contributed by atoms with Crippen molar-refractivity contribution in [3.8, 4) is 5.75 Å². The Morgan fingerprint density at radius 1 is 1.11 bits per heavy atom. The SMILES string of the molecule is CCOC(=O)Oc1cc(C)c(CC(N)C(=O)N(C)c2ccccc2)c(C)c1. The Balaban J connectivity index is 2.12. The van der Waals surface area contributed by atoms with Gasteiger partial charge in [0.05, 0.1) is 12.6 Å². The number of aryl methyl sites for hydroxylation is 2. The first-order valence-electron chi connectivity index (χ1n) is 8.86. The second-order valence-corrected chi connectivity index (χ2v) is 6.36. The number of para-hydroxylation sites is 1. The molecule has 0 aliphatic rings. The van der Waals surface area contributed by atoms with Crippen LogP contribution in [-0.4, -0.2) is 31.8 Å². The highest BCUT2D eigenvalue weighted by atomic mass is 16.7. The molecule has 0 bridgehead atoms. The van der Waals surface area contributed by atoms with Gasteiger partial charge >= 0.3 is 6.16 Å². The lowest BCUT2D eigenvalue weighted by molar-refractivity contribution is -0.119. The molecule has 2 rings (SSSR count). The van der Waals surface area contributed by atoms with Gasteiger partial charge in [-0.25, -0.2) is 4.79 Å². The molecule has 0 fully saturated rings. The first-order valence-corrected chi connectivity index (χ1v) is 8.86. The number of hydrogen-bond donors (Lipinski definition) is 1. The zero-order valence-corrected chi connectivity index (χ0v) is 16.2. The number of rotatable bonds is 6. The van der Waals surface area contributed by atoms with E-state index in [9.17, 15) is 9.59 Å². The van der Waals surface area contributed by atoms with Gasteiger partial charge in [0.15, 0.2) is 0 Å². The van der Waals surface area contributed by atoms with Gasteiger partial charge in [0, 0.05) is 12.7 Å². The van der Waals surface area contributed by atoms with Gasteiger partial charge in [-0.05, 0) is 68.1 Å². The molecule has 0 aromatic heterocycles. The molecule has 0 radical (unpaired) electrons. The fourth-order valence-corrected chi connectivity index (χ4v) is 2.91. The highest BCUT2D eigenvalue weighted by Crippen LogP contribution is 2.24. The maximum Gasteiger partial charge on any atom is 0.513 e. The van der Waals surface area contributed by atoms with E-state index in [1.807, 2.05) is 44.2 Å². The first-order chi connectivity index (χ1) is 12.8. The molecular weight excluding hydrogens is 344 g/mol. The summed E-state index contributed by atoms with van der Waals surface area (Å²) >= 11 is 0. The molecule has 6 heteroatoms. The molecule has 1 atom stereocenters. The molecule has 2 aromatic carbocycles. The third-order valence-corrected chi connectivity index (χ3v) is 4.35. The normalized spacial score (nSPS) is 11.6. The number of benzene rings is 2. The molecule has 1 amide bonds. The smallest absolute Gasteiger partial charge is 0.434 e. The fraction of sp³-hybridized carbons (Fsp3) is 0.333. The van der Waals surface area contributed by atoms with Gasteiger partial charge in [-0.2, -0.15) is 0 Å². The standard InChI is InChI=1S/C21H26N2O4/c1-5-26-21(25)27-17-11-14(2)18(15(3)12-17)13-19(22)20(24)23(4)16-9-7-6-8-10-16/h6-12,19H,5,13,22H2,1-4H3. The zero-order valence-electron chi connectivity index (χ0n) is 16.2. The summed E-state index contributed by atoms with van der Waals surface area (Å²) in [6, 6.07) is 12.2. The molecule has 0 spiro atoms. The Morgan fingerprint density at radius 2 is 1.70 bits per heavy atom. The molecule has 2 aromatic rings. The predicted molar refractivity (Wildman–Crippen MR) is 105 cm³/mol. The minimum atomic E-state index is -0.736. The van der Waals surface area contributed by atoms with Crippen LogP contribution in [0.15, 0.2) is 42.5 Å². The van der Waals surface area contributed by atoms with Crippen LogP contribution < -0.4 is 15.4 Å². The lowest BCUT2D eigenvalue weighted by Crippen LogP contribution is -2.43. The number of hydrogen-bond acceptors (Lipinski definition) is 5. The maximum atomic E-state index is 12.7. The van der Waals surface area contributed by atoms with Crippen molar-refractivity contribution in [2.24, 2.45) is 5.73 Å². The van der Waals surface area contributed by atoms with Gasteiger partial charge in [0.1, 0.15) is 5.75 Å². The lowest BCUT2D eigenvalue weighted by Gasteiger charge is -2.22. The topological polar surface area (TPSA) is 81.9 Å². The zero-order chi connectivity index (χ0) is 20.0. The summed E-state index contributed by atoms with van der Waals surface area (Å²) < 4.78 is 9.94. The Kier molecular flexibility index (Phi) is 6.96. The molecule has 0 saturated carbocycles. The average molecular weight is 370 g/mol. The summed E-state index contributed by atoms with van der Waals surface area (Å²) in [5, 5.41) is 0. The number of amides is 1. The molecule has 0 saturated heterocycles. The molecule has 27 heavy (non-hydrogen) atoms. The van der Waals surface area contributed by atoms with Crippen molar-refractivity contribution in [1.82, 2.24) is 0 Å². The minimum absolute atomic E-state index is 0.160. The van der Waals surface area contributed by atoms with Crippen LogP contribution >= 0.6 is 0 Å². The Bertz CT molecular complexity index is 782. The largest absolute Gasteiger partial charge is 0.513 e. The third kappa shape index (κ3) is 5.31. The number of carbonyl (C=O) groups is 2. The predicted octanol–water partition coefficient (Wildman–Crippen LogP) is 3.37. The number of likely N-dealkylation sites (N-methyl/N-ethyl adjacent to an activating group) is 1. The Morgan fingerprint density at radius 3 is 2.26 bits per heavy atom. The summed E-state index contributed by atoms with van der Waals surface area (Å²) in [4.78, 5) is 25.7. The molecule has 6 nitrogen and oxygen atoms in total. The van der Waals surface area contributed by atoms with Gasteiger partial charge in [0.25, 0.3) is 0 Å². The van der Waals surface area contributed by atoms with E-state index >= 15 is 0 Å². The molecule has 0 heterocycles. The van der Waals surface area contributed by atoms with Crippen molar-refractivity contribution in [3.63, 3.8) is 0 Å². The van der Waals surface area contributed by atoms with Crippen molar-refractivity contribution in [2.75, 3.05) is 18.6 Å². The van der Waals surface area contributed by atoms with E-state index in [0.29, 0.717) is 12.2 Å². The highest BCUT2D eigenvalue weighted by molar-refractivity contribution is 5.96. The lowest BCUT2D eigenvalue weighted by atomic mass is 9.95. The van der Waals surface area contributed by atoms with Crippen molar-refractivity contribution >= 4 is 17.7 Å². The van der Waals surface area contributed by atoms with Crippen molar-refractivity contribution in [1.29, 1.82) is 0 Å². The first kappa shape index (κ1) is 20.5. The van der Waals surface area contributed by atoms with Gasteiger partial charge < -0.3 is 20.1 Å². The van der Waals surface area contributed by atoms with Gasteiger partial charge in [0.2, 0.25) is 5.91 Å². The minimum Gasteiger partial charge on any atom is -0.434 e. The van der Waals surface area contributed by atoms with E-state index in [2.05, 4.69) is 0 Å². The second-order valence-electron chi connectivity index (χ2n) is 6.36. The fourth-order valence-electron chi connectivity index (χ4n) is 2.91. The van der Waals surface area contributed by atoms with Crippen LogP contribution in [0.4, 0.5) is 10.5 Å².